The Hall–Kier alpha value is -2.74. The zero-order chi connectivity index (χ0) is 23.1. The monoisotopic (exact) mass is 457 g/mol. The van der Waals surface area contributed by atoms with E-state index in [1.807, 2.05) is 24.3 Å². The number of nitrogens with one attached hydrogen (secondary N) is 2. The van der Waals surface area contributed by atoms with Crippen LogP contribution in [0.4, 0.5) is 5.69 Å². The fraction of sp³-hybridized carbons (Fsp3) is 0.500. The second-order valence-electron chi connectivity index (χ2n) is 8.73. The Balaban J connectivity index is 1.54. The number of nitrogens with zero attached hydrogens (tertiary/aromatic N) is 1. The lowest BCUT2D eigenvalue weighted by Crippen LogP contribution is -2.44. The van der Waals surface area contributed by atoms with Crippen molar-refractivity contribution in [1.29, 1.82) is 0 Å². The average molecular weight is 458 g/mol. The summed E-state index contributed by atoms with van der Waals surface area (Å²) in [5.41, 5.74) is 1.62. The molecule has 1 aromatic carbocycles. The molecule has 1 fully saturated rings. The molecule has 3 rings (SSSR count). The van der Waals surface area contributed by atoms with Gasteiger partial charge in [0.1, 0.15) is 6.04 Å². The molecule has 0 bridgehead atoms. The quantitative estimate of drug-likeness (QED) is 0.494. The minimum Gasteiger partial charge on any atom is -0.480 e. The molecule has 1 saturated carbocycles. The first kappa shape index (κ1) is 23.9. The highest BCUT2D eigenvalue weighted by molar-refractivity contribution is 7.17. The van der Waals surface area contributed by atoms with Gasteiger partial charge in [-0.15, -0.1) is 11.3 Å². The molecule has 32 heavy (non-hydrogen) atoms. The van der Waals surface area contributed by atoms with Gasteiger partial charge in [0.2, 0.25) is 5.91 Å². The first-order chi connectivity index (χ1) is 15.3. The van der Waals surface area contributed by atoms with Crippen LogP contribution in [-0.2, 0) is 9.59 Å². The molecule has 8 heteroatoms. The maximum atomic E-state index is 12.4. The molecule has 1 heterocycles. The Bertz CT molecular complexity index is 933. The summed E-state index contributed by atoms with van der Waals surface area (Å²) in [6.45, 7) is 3.48. The average Bonchev–Trinajstić information content (AvgIpc) is 3.27. The van der Waals surface area contributed by atoms with Crippen molar-refractivity contribution in [2.45, 2.75) is 64.8 Å². The van der Waals surface area contributed by atoms with Gasteiger partial charge in [-0.2, -0.15) is 0 Å². The van der Waals surface area contributed by atoms with E-state index >= 15 is 0 Å². The van der Waals surface area contributed by atoms with Crippen LogP contribution in [0.25, 0.3) is 10.4 Å². The van der Waals surface area contributed by atoms with Crippen LogP contribution in [0, 0.1) is 11.8 Å². The molecule has 3 N–H and O–H groups in total. The number of hydrogen-bond acceptors (Lipinski definition) is 5. The number of amides is 2. The molecular weight excluding hydrogens is 426 g/mol. The molecule has 0 aliphatic heterocycles. The number of carbonyl (C=O) groups excluding carboxylic acids is 2. The Kier molecular flexibility index (Phi) is 8.39. The molecule has 2 aromatic rings. The Morgan fingerprint density at radius 2 is 1.81 bits per heavy atom. The van der Waals surface area contributed by atoms with Gasteiger partial charge in [0.15, 0.2) is 5.01 Å². The van der Waals surface area contributed by atoms with Crippen LogP contribution in [0.1, 0.15) is 68.6 Å². The molecule has 172 valence electrons. The van der Waals surface area contributed by atoms with Crippen molar-refractivity contribution in [3.8, 4) is 10.4 Å². The Labute approximate surface area is 192 Å². The number of rotatable bonds is 9. The van der Waals surface area contributed by atoms with Crippen LogP contribution in [0.2, 0.25) is 0 Å². The maximum Gasteiger partial charge on any atom is 0.326 e. The summed E-state index contributed by atoms with van der Waals surface area (Å²) in [5, 5.41) is 14.9. The third-order valence-electron chi connectivity index (χ3n) is 5.88. The molecule has 1 atom stereocenters. The van der Waals surface area contributed by atoms with E-state index in [9.17, 15) is 19.5 Å². The zero-order valence-corrected chi connectivity index (χ0v) is 19.4. The third kappa shape index (κ3) is 6.63. The van der Waals surface area contributed by atoms with Crippen molar-refractivity contribution in [1.82, 2.24) is 10.3 Å². The first-order valence-corrected chi connectivity index (χ1v) is 12.0. The van der Waals surface area contributed by atoms with Crippen molar-refractivity contribution >= 4 is 34.8 Å². The fourth-order valence-corrected chi connectivity index (χ4v) is 4.81. The second-order valence-corrected chi connectivity index (χ2v) is 9.76. The topological polar surface area (TPSA) is 108 Å². The maximum absolute atomic E-state index is 12.4. The van der Waals surface area contributed by atoms with Crippen LogP contribution < -0.4 is 10.6 Å². The normalized spacial score (nSPS) is 15.3. The van der Waals surface area contributed by atoms with E-state index in [1.165, 1.54) is 43.4 Å². The highest BCUT2D eigenvalue weighted by atomic mass is 32.1. The minimum atomic E-state index is -1.07. The van der Waals surface area contributed by atoms with Crippen LogP contribution in [0.5, 0.6) is 0 Å². The van der Waals surface area contributed by atoms with Crippen LogP contribution in [0.15, 0.2) is 30.5 Å². The van der Waals surface area contributed by atoms with Crippen molar-refractivity contribution in [3.63, 3.8) is 0 Å². The number of anilines is 1. The summed E-state index contributed by atoms with van der Waals surface area (Å²) in [6, 6.07) is 6.47. The second kappa shape index (κ2) is 11.2. The van der Waals surface area contributed by atoms with Gasteiger partial charge in [-0.1, -0.05) is 58.1 Å². The predicted octanol–water partition coefficient (Wildman–Crippen LogP) is 4.95. The van der Waals surface area contributed by atoms with Crippen molar-refractivity contribution in [2.75, 3.05) is 5.32 Å². The van der Waals surface area contributed by atoms with E-state index in [0.717, 1.165) is 22.5 Å². The molecule has 1 unspecified atom stereocenters. The number of carbonyl (C=O) groups is 3. The Morgan fingerprint density at radius 1 is 1.12 bits per heavy atom. The lowest BCUT2D eigenvalue weighted by molar-refractivity contribution is -0.140. The van der Waals surface area contributed by atoms with Crippen molar-refractivity contribution < 1.29 is 19.5 Å². The number of carboxylic acid groups (broad SMARTS) is 1. The summed E-state index contributed by atoms with van der Waals surface area (Å²) < 4.78 is 0. The zero-order valence-electron chi connectivity index (χ0n) is 18.6. The largest absolute Gasteiger partial charge is 0.480 e. The van der Waals surface area contributed by atoms with Crippen molar-refractivity contribution in [3.05, 3.63) is 35.5 Å². The van der Waals surface area contributed by atoms with E-state index in [1.54, 1.807) is 20.0 Å². The van der Waals surface area contributed by atoms with Gasteiger partial charge in [-0.25, -0.2) is 9.78 Å². The van der Waals surface area contributed by atoms with Gasteiger partial charge < -0.3 is 15.7 Å². The number of benzene rings is 1. The van der Waals surface area contributed by atoms with Gasteiger partial charge in [0, 0.05) is 18.3 Å². The first-order valence-electron chi connectivity index (χ1n) is 11.2. The van der Waals surface area contributed by atoms with E-state index in [-0.39, 0.29) is 16.8 Å². The lowest BCUT2D eigenvalue weighted by atomic mass is 9.86. The molecule has 0 saturated heterocycles. The summed E-state index contributed by atoms with van der Waals surface area (Å²) >= 11 is 1.20. The molecule has 0 radical (unpaired) electrons. The fourth-order valence-electron chi connectivity index (χ4n) is 3.98. The smallest absolute Gasteiger partial charge is 0.326 e. The number of aliphatic carboxylic acids is 1. The summed E-state index contributed by atoms with van der Waals surface area (Å²) in [7, 11) is 0. The van der Waals surface area contributed by atoms with Gasteiger partial charge in [0.05, 0.1) is 4.88 Å². The van der Waals surface area contributed by atoms with Crippen LogP contribution in [-0.4, -0.2) is 33.9 Å². The third-order valence-corrected chi connectivity index (χ3v) is 6.92. The van der Waals surface area contributed by atoms with Gasteiger partial charge in [-0.3, -0.25) is 9.59 Å². The Morgan fingerprint density at radius 3 is 2.44 bits per heavy atom. The highest BCUT2D eigenvalue weighted by Crippen LogP contribution is 2.29. The summed E-state index contributed by atoms with van der Waals surface area (Å²) in [4.78, 5) is 40.9. The summed E-state index contributed by atoms with van der Waals surface area (Å²) in [6.07, 6.45) is 9.47. The number of carboxylic acids is 1. The van der Waals surface area contributed by atoms with E-state index < -0.39 is 17.9 Å². The molecule has 7 nitrogen and oxygen atoms in total. The minimum absolute atomic E-state index is 0.0400. The standard InChI is InChI=1S/C24H31N3O4S/c1-15(2)21(24(30)31)27-22(29)23-25-14-19(32-23)17-9-11-18(12-10-17)26-20(28)13-8-16-6-4-3-5-7-16/h9-12,14-16,21H,3-8,13H2,1-2H3,(H,26,28)(H,27,29)(H,30,31). The molecule has 0 spiro atoms. The number of thiazole rings is 1. The van der Waals surface area contributed by atoms with E-state index in [0.29, 0.717) is 12.3 Å². The molecule has 1 aromatic heterocycles. The molecule has 1 aliphatic carbocycles. The van der Waals surface area contributed by atoms with Crippen molar-refractivity contribution in [2.24, 2.45) is 11.8 Å². The predicted molar refractivity (Wildman–Crippen MR) is 126 cm³/mol. The van der Waals surface area contributed by atoms with E-state index in [4.69, 9.17) is 0 Å². The van der Waals surface area contributed by atoms with Gasteiger partial charge >= 0.3 is 5.97 Å². The lowest BCUT2D eigenvalue weighted by Gasteiger charge is -2.21. The molecule has 2 amide bonds. The van der Waals surface area contributed by atoms with Gasteiger partial charge in [-0.05, 0) is 36.0 Å². The van der Waals surface area contributed by atoms with E-state index in [2.05, 4.69) is 15.6 Å². The molecule has 1 aliphatic rings. The van der Waals surface area contributed by atoms with Crippen LogP contribution in [0.3, 0.4) is 0 Å². The highest BCUT2D eigenvalue weighted by Gasteiger charge is 2.25. The van der Waals surface area contributed by atoms with Gasteiger partial charge in [0.25, 0.3) is 5.91 Å². The molecular formula is C24H31N3O4S. The van der Waals surface area contributed by atoms with Crippen LogP contribution >= 0.6 is 11.3 Å². The number of hydrogen-bond donors (Lipinski definition) is 3. The number of aromatic nitrogens is 1. The SMILES string of the molecule is CC(C)C(NC(=O)c1ncc(-c2ccc(NC(=O)CCC3CCCCC3)cc2)s1)C(=O)O. The summed E-state index contributed by atoms with van der Waals surface area (Å²) in [5.74, 6) is -1.08.